The summed E-state index contributed by atoms with van der Waals surface area (Å²) in [6, 6.07) is 10.3. The lowest BCUT2D eigenvalue weighted by Gasteiger charge is -2.11. The second-order valence-electron chi connectivity index (χ2n) is 5.11. The first-order valence-corrected chi connectivity index (χ1v) is 8.58. The molecule has 8 heteroatoms. The van der Waals surface area contributed by atoms with Crippen LogP contribution in [0.5, 0.6) is 0 Å². The molecule has 0 aliphatic rings. The molecule has 0 atom stereocenters. The molecule has 0 aliphatic carbocycles. The molecule has 0 spiro atoms. The monoisotopic (exact) mass is 350 g/mol. The van der Waals surface area contributed by atoms with Gasteiger partial charge in [0.05, 0.1) is 18.1 Å². The largest absolute Gasteiger partial charge is 0.392 e. The van der Waals surface area contributed by atoms with Gasteiger partial charge in [0.1, 0.15) is 0 Å². The third-order valence-electron chi connectivity index (χ3n) is 3.28. The summed E-state index contributed by atoms with van der Waals surface area (Å²) in [4.78, 5) is 11.0. The highest BCUT2D eigenvalue weighted by Crippen LogP contribution is 2.21. The molecule has 0 aliphatic heterocycles. The number of anilines is 2. The van der Waals surface area contributed by atoms with Gasteiger partial charge in [0.2, 0.25) is 5.91 Å². The van der Waals surface area contributed by atoms with E-state index in [1.54, 1.807) is 6.07 Å². The lowest BCUT2D eigenvalue weighted by atomic mass is 10.1. The molecule has 24 heavy (non-hydrogen) atoms. The minimum absolute atomic E-state index is 0.0355. The first-order valence-electron chi connectivity index (χ1n) is 7.09. The first kappa shape index (κ1) is 17.9. The maximum atomic E-state index is 12.4. The summed E-state index contributed by atoms with van der Waals surface area (Å²) in [7, 11) is -3.81. The van der Waals surface area contributed by atoms with Gasteiger partial charge in [-0.05, 0) is 47.5 Å². The average molecular weight is 350 g/mol. The van der Waals surface area contributed by atoms with Crippen LogP contribution in [0, 0.1) is 0 Å². The lowest BCUT2D eigenvalue weighted by Crippen LogP contribution is -2.13. The van der Waals surface area contributed by atoms with E-state index in [9.17, 15) is 18.3 Å². The zero-order valence-electron chi connectivity index (χ0n) is 13.0. The minimum atomic E-state index is -3.81. The Morgan fingerprint density at radius 2 is 1.54 bits per heavy atom. The Hall–Kier alpha value is -2.42. The van der Waals surface area contributed by atoms with Crippen molar-refractivity contribution < 1.29 is 23.4 Å². The molecular weight excluding hydrogens is 332 g/mol. The number of hydrogen-bond acceptors (Lipinski definition) is 5. The molecule has 0 bridgehead atoms. The molecule has 128 valence electrons. The number of hydrogen-bond donors (Lipinski definition) is 4. The van der Waals surface area contributed by atoms with E-state index < -0.39 is 10.0 Å². The summed E-state index contributed by atoms with van der Waals surface area (Å²) in [5.41, 5.74) is 1.75. The van der Waals surface area contributed by atoms with Crippen molar-refractivity contribution in [3.05, 3.63) is 53.6 Å². The minimum Gasteiger partial charge on any atom is -0.392 e. The lowest BCUT2D eigenvalue weighted by molar-refractivity contribution is -0.114. The fourth-order valence-corrected chi connectivity index (χ4v) is 3.18. The molecule has 1 amide bonds. The van der Waals surface area contributed by atoms with Crippen molar-refractivity contribution in [3.63, 3.8) is 0 Å². The molecule has 2 rings (SSSR count). The SMILES string of the molecule is CC(=O)Nc1ccc(S(=O)(=O)Nc2ccc(CO)c(CO)c2)cc1. The summed E-state index contributed by atoms with van der Waals surface area (Å²) in [5, 5.41) is 21.0. The fraction of sp³-hybridized carbons (Fsp3) is 0.188. The van der Waals surface area contributed by atoms with Crippen molar-refractivity contribution in [1.29, 1.82) is 0 Å². The summed E-state index contributed by atoms with van der Waals surface area (Å²) < 4.78 is 27.2. The Balaban J connectivity index is 2.23. The predicted octanol–water partition coefficient (Wildman–Crippen LogP) is 1.43. The summed E-state index contributed by atoms with van der Waals surface area (Å²) in [6.07, 6.45) is 0. The van der Waals surface area contributed by atoms with Crippen LogP contribution in [0.1, 0.15) is 18.1 Å². The van der Waals surface area contributed by atoms with Gasteiger partial charge in [-0.1, -0.05) is 6.07 Å². The third-order valence-corrected chi connectivity index (χ3v) is 4.68. The molecule has 0 saturated carbocycles. The topological polar surface area (TPSA) is 116 Å². The molecule has 0 unspecified atom stereocenters. The molecule has 7 nitrogen and oxygen atoms in total. The van der Waals surface area contributed by atoms with Crippen LogP contribution in [0.25, 0.3) is 0 Å². The highest BCUT2D eigenvalue weighted by molar-refractivity contribution is 7.92. The molecule has 0 aromatic heterocycles. The van der Waals surface area contributed by atoms with Crippen molar-refractivity contribution in [2.45, 2.75) is 25.0 Å². The molecular formula is C16H18N2O5S. The Labute approximate surface area is 140 Å². The van der Waals surface area contributed by atoms with Crippen molar-refractivity contribution in [2.75, 3.05) is 10.0 Å². The molecule has 4 N–H and O–H groups in total. The standard InChI is InChI=1S/C16H18N2O5S/c1-11(21)17-14-4-6-16(7-5-14)24(22,23)18-15-3-2-12(9-19)13(8-15)10-20/h2-8,18-20H,9-10H2,1H3,(H,17,21). The van der Waals surface area contributed by atoms with Crippen molar-refractivity contribution >= 4 is 27.3 Å². The van der Waals surface area contributed by atoms with E-state index in [4.69, 9.17) is 5.11 Å². The van der Waals surface area contributed by atoms with Crippen LogP contribution in [0.4, 0.5) is 11.4 Å². The second-order valence-corrected chi connectivity index (χ2v) is 6.79. The number of amides is 1. The van der Waals surface area contributed by atoms with Gasteiger partial charge in [0, 0.05) is 18.3 Å². The number of carbonyl (C=O) groups excluding carboxylic acids is 1. The zero-order valence-corrected chi connectivity index (χ0v) is 13.8. The number of sulfonamides is 1. The number of aliphatic hydroxyl groups excluding tert-OH is 2. The van der Waals surface area contributed by atoms with Gasteiger partial charge in [0.15, 0.2) is 0 Å². The second kappa shape index (κ2) is 7.43. The Morgan fingerprint density at radius 1 is 0.958 bits per heavy atom. The fourth-order valence-electron chi connectivity index (χ4n) is 2.13. The van der Waals surface area contributed by atoms with E-state index >= 15 is 0 Å². The number of rotatable bonds is 6. The van der Waals surface area contributed by atoms with Gasteiger partial charge >= 0.3 is 0 Å². The van der Waals surface area contributed by atoms with Crippen LogP contribution in [0.3, 0.4) is 0 Å². The van der Waals surface area contributed by atoms with Crippen LogP contribution in [-0.4, -0.2) is 24.5 Å². The smallest absolute Gasteiger partial charge is 0.261 e. The van der Waals surface area contributed by atoms with Crippen LogP contribution in [0.15, 0.2) is 47.4 Å². The molecule has 2 aromatic carbocycles. The highest BCUT2D eigenvalue weighted by atomic mass is 32.2. The van der Waals surface area contributed by atoms with E-state index in [-0.39, 0.29) is 29.7 Å². The maximum absolute atomic E-state index is 12.4. The third kappa shape index (κ3) is 4.31. The van der Waals surface area contributed by atoms with Gasteiger partial charge in [-0.2, -0.15) is 0 Å². The normalized spacial score (nSPS) is 11.1. The van der Waals surface area contributed by atoms with Gasteiger partial charge in [-0.15, -0.1) is 0 Å². The quantitative estimate of drug-likeness (QED) is 0.629. The average Bonchev–Trinajstić information content (AvgIpc) is 2.54. The number of aliphatic hydroxyl groups is 2. The number of benzene rings is 2. The van der Waals surface area contributed by atoms with Crippen LogP contribution in [-0.2, 0) is 28.0 Å². The van der Waals surface area contributed by atoms with Gasteiger partial charge in [-0.3, -0.25) is 9.52 Å². The molecule has 0 saturated heterocycles. The summed E-state index contributed by atoms with van der Waals surface area (Å²) >= 11 is 0. The van der Waals surface area contributed by atoms with Crippen LogP contribution < -0.4 is 10.0 Å². The Morgan fingerprint density at radius 3 is 2.08 bits per heavy atom. The van der Waals surface area contributed by atoms with Gasteiger partial charge in [0.25, 0.3) is 10.0 Å². The first-order chi connectivity index (χ1) is 11.4. The van der Waals surface area contributed by atoms with E-state index in [2.05, 4.69) is 10.0 Å². The zero-order chi connectivity index (χ0) is 17.7. The van der Waals surface area contributed by atoms with Crippen molar-refractivity contribution in [2.24, 2.45) is 0 Å². The molecule has 2 aromatic rings. The maximum Gasteiger partial charge on any atom is 0.261 e. The van der Waals surface area contributed by atoms with E-state index in [1.807, 2.05) is 0 Å². The molecule has 0 fully saturated rings. The number of carbonyl (C=O) groups is 1. The number of nitrogens with one attached hydrogen (secondary N) is 2. The Bertz CT molecular complexity index is 832. The van der Waals surface area contributed by atoms with Crippen molar-refractivity contribution in [3.8, 4) is 0 Å². The predicted molar refractivity (Wildman–Crippen MR) is 89.8 cm³/mol. The molecule has 0 heterocycles. The van der Waals surface area contributed by atoms with Crippen LogP contribution >= 0.6 is 0 Å². The Kier molecular flexibility index (Phi) is 5.55. The highest BCUT2D eigenvalue weighted by Gasteiger charge is 2.15. The van der Waals surface area contributed by atoms with Gasteiger partial charge < -0.3 is 15.5 Å². The summed E-state index contributed by atoms with van der Waals surface area (Å²) in [6.45, 7) is 0.811. The van der Waals surface area contributed by atoms with Crippen molar-refractivity contribution in [1.82, 2.24) is 0 Å². The molecule has 0 radical (unpaired) electrons. The van der Waals surface area contributed by atoms with E-state index in [1.165, 1.54) is 43.3 Å². The summed E-state index contributed by atoms with van der Waals surface area (Å²) in [5.74, 6) is -0.246. The van der Waals surface area contributed by atoms with E-state index in [0.29, 0.717) is 16.8 Å². The van der Waals surface area contributed by atoms with Crippen LogP contribution in [0.2, 0.25) is 0 Å². The van der Waals surface area contributed by atoms with Gasteiger partial charge in [-0.25, -0.2) is 8.42 Å². The van der Waals surface area contributed by atoms with E-state index in [0.717, 1.165) is 0 Å².